The average molecular weight is 449 g/mol. The van der Waals surface area contributed by atoms with E-state index >= 15 is 0 Å². The number of ether oxygens (including phenoxy) is 1. The predicted molar refractivity (Wildman–Crippen MR) is 122 cm³/mol. The van der Waals surface area contributed by atoms with Crippen LogP contribution in [0.5, 0.6) is 0 Å². The molecule has 0 aliphatic rings. The average Bonchev–Trinajstić information content (AvgIpc) is 2.70. The minimum Gasteiger partial charge on any atom is -0.463 e. The van der Waals surface area contributed by atoms with Crippen molar-refractivity contribution in [3.63, 3.8) is 0 Å². The van der Waals surface area contributed by atoms with Gasteiger partial charge in [0.05, 0.1) is 13.2 Å². The number of rotatable bonds is 23. The lowest BCUT2D eigenvalue weighted by Gasteiger charge is -2.05. The van der Waals surface area contributed by atoms with Crippen LogP contribution >= 0.6 is 7.82 Å². The van der Waals surface area contributed by atoms with Gasteiger partial charge in [0.2, 0.25) is 0 Å². The first-order valence-corrected chi connectivity index (χ1v) is 13.5. The second-order valence-electron chi connectivity index (χ2n) is 8.06. The first-order chi connectivity index (χ1) is 14.5. The van der Waals surface area contributed by atoms with Gasteiger partial charge in [-0.3, -0.25) is 4.52 Å². The van der Waals surface area contributed by atoms with Crippen molar-refractivity contribution < 1.29 is 28.4 Å². The Morgan fingerprint density at radius 3 is 1.23 bits per heavy atom. The molecule has 0 saturated carbocycles. The molecule has 0 amide bonds. The van der Waals surface area contributed by atoms with Gasteiger partial charge in [-0.1, -0.05) is 109 Å². The number of esters is 1. The molecule has 0 rings (SSSR count). The summed E-state index contributed by atoms with van der Waals surface area (Å²) in [5.41, 5.74) is 0. The smallest absolute Gasteiger partial charge is 0.463 e. The van der Waals surface area contributed by atoms with Gasteiger partial charge in [-0.05, 0) is 12.8 Å². The zero-order valence-electron chi connectivity index (χ0n) is 18.9. The van der Waals surface area contributed by atoms with E-state index in [0.29, 0.717) is 6.61 Å². The van der Waals surface area contributed by atoms with Crippen molar-refractivity contribution in [3.8, 4) is 0 Å². The summed E-state index contributed by atoms with van der Waals surface area (Å²) in [6.45, 7) is 4.04. The Kier molecular flexibility index (Phi) is 21.1. The van der Waals surface area contributed by atoms with Crippen LogP contribution < -0.4 is 0 Å². The fourth-order valence-electron chi connectivity index (χ4n) is 3.45. The molecule has 0 aromatic rings. The molecule has 178 valence electrons. The summed E-state index contributed by atoms with van der Waals surface area (Å²) in [5.74, 6) is -0.322. The van der Waals surface area contributed by atoms with E-state index in [1.165, 1.54) is 89.5 Å². The summed E-state index contributed by atoms with van der Waals surface area (Å²) >= 11 is 0. The van der Waals surface area contributed by atoms with Gasteiger partial charge in [-0.25, -0.2) is 9.36 Å². The summed E-state index contributed by atoms with van der Waals surface area (Å²) in [6, 6.07) is 0. The molecule has 0 heterocycles. The molecular weight excluding hydrogens is 403 g/mol. The molecule has 0 aromatic carbocycles. The number of carbonyl (C=O) groups is 1. The second kappa shape index (κ2) is 21.5. The Labute approximate surface area is 184 Å². The van der Waals surface area contributed by atoms with Gasteiger partial charge >= 0.3 is 13.8 Å². The number of carbonyl (C=O) groups excluding carboxylic acids is 1. The number of unbranched alkanes of at least 4 members (excludes halogenated alkanes) is 17. The van der Waals surface area contributed by atoms with E-state index in [1.54, 1.807) is 0 Å². The molecule has 7 heteroatoms. The van der Waals surface area contributed by atoms with Gasteiger partial charge in [-0.2, -0.15) is 0 Å². The van der Waals surface area contributed by atoms with E-state index < -0.39 is 7.82 Å². The van der Waals surface area contributed by atoms with Crippen LogP contribution in [0.4, 0.5) is 0 Å². The molecule has 0 radical (unpaired) electrons. The van der Waals surface area contributed by atoms with Crippen molar-refractivity contribution >= 4 is 13.8 Å². The predicted octanol–water partition coefficient (Wildman–Crippen LogP) is 6.85. The van der Waals surface area contributed by atoms with Crippen LogP contribution in [0.25, 0.3) is 0 Å². The topological polar surface area (TPSA) is 93.1 Å². The van der Waals surface area contributed by atoms with Gasteiger partial charge in [0, 0.05) is 6.08 Å². The fraction of sp³-hybridized carbons (Fsp3) is 0.870. The van der Waals surface area contributed by atoms with Crippen LogP contribution in [-0.4, -0.2) is 29.0 Å². The maximum absolute atomic E-state index is 10.9. The van der Waals surface area contributed by atoms with Gasteiger partial charge in [0.15, 0.2) is 0 Å². The highest BCUT2D eigenvalue weighted by molar-refractivity contribution is 7.46. The van der Waals surface area contributed by atoms with Crippen LogP contribution in [0, 0.1) is 0 Å². The monoisotopic (exact) mass is 448 g/mol. The van der Waals surface area contributed by atoms with Crippen molar-refractivity contribution in [3.05, 3.63) is 12.7 Å². The molecule has 0 spiro atoms. The van der Waals surface area contributed by atoms with Crippen LogP contribution in [-0.2, 0) is 18.6 Å². The van der Waals surface area contributed by atoms with E-state index in [0.717, 1.165) is 32.1 Å². The third kappa shape index (κ3) is 25.4. The lowest BCUT2D eigenvalue weighted by molar-refractivity contribution is -0.137. The van der Waals surface area contributed by atoms with Crippen molar-refractivity contribution in [1.29, 1.82) is 0 Å². The Morgan fingerprint density at radius 2 is 0.933 bits per heavy atom. The summed E-state index contributed by atoms with van der Waals surface area (Å²) in [6.07, 6.45) is 23.1. The maximum atomic E-state index is 10.9. The van der Waals surface area contributed by atoms with Crippen LogP contribution in [0.2, 0.25) is 0 Å². The Morgan fingerprint density at radius 1 is 0.633 bits per heavy atom. The molecule has 0 bridgehead atoms. The Bertz CT molecular complexity index is 449. The normalized spacial score (nSPS) is 11.5. The SMILES string of the molecule is C=CC(=O)OCCCCCCCCCCCCCCCCCCCCOP(=O)(O)O. The molecule has 0 unspecified atom stereocenters. The summed E-state index contributed by atoms with van der Waals surface area (Å²) < 4.78 is 19.9. The molecule has 0 saturated heterocycles. The Balaban J connectivity index is 3.07. The zero-order valence-corrected chi connectivity index (χ0v) is 19.8. The highest BCUT2D eigenvalue weighted by Crippen LogP contribution is 2.35. The summed E-state index contributed by atoms with van der Waals surface area (Å²) in [5, 5.41) is 0. The zero-order chi connectivity index (χ0) is 22.3. The highest BCUT2D eigenvalue weighted by atomic mass is 31.2. The lowest BCUT2D eigenvalue weighted by atomic mass is 10.0. The fourth-order valence-corrected chi connectivity index (χ4v) is 3.81. The minimum atomic E-state index is -4.28. The second-order valence-corrected chi connectivity index (χ2v) is 9.30. The maximum Gasteiger partial charge on any atom is 0.469 e. The Hall–Kier alpha value is -0.680. The van der Waals surface area contributed by atoms with Crippen molar-refractivity contribution in [1.82, 2.24) is 0 Å². The largest absolute Gasteiger partial charge is 0.469 e. The standard InChI is InChI=1S/C23H45O6P/c1-2-23(24)28-21-19-17-15-13-11-9-7-5-3-4-6-8-10-12-14-16-18-20-22-29-30(25,26)27/h2H,1,3-22H2,(H2,25,26,27). The van der Waals surface area contributed by atoms with E-state index in [4.69, 9.17) is 14.5 Å². The van der Waals surface area contributed by atoms with Crippen molar-refractivity contribution in [2.24, 2.45) is 0 Å². The third-order valence-electron chi connectivity index (χ3n) is 5.21. The van der Waals surface area contributed by atoms with E-state index in [-0.39, 0.29) is 12.6 Å². The molecule has 0 fully saturated rings. The first-order valence-electron chi connectivity index (χ1n) is 11.9. The molecule has 0 atom stereocenters. The van der Waals surface area contributed by atoms with Gasteiger partial charge < -0.3 is 14.5 Å². The summed E-state index contributed by atoms with van der Waals surface area (Å²) in [7, 11) is -4.28. The van der Waals surface area contributed by atoms with Gasteiger partial charge in [0.25, 0.3) is 0 Å². The van der Waals surface area contributed by atoms with Crippen molar-refractivity contribution in [2.75, 3.05) is 13.2 Å². The van der Waals surface area contributed by atoms with Crippen LogP contribution in [0.3, 0.4) is 0 Å². The van der Waals surface area contributed by atoms with E-state index in [1.807, 2.05) is 0 Å². The quantitative estimate of drug-likeness (QED) is 0.0769. The molecule has 2 N–H and O–H groups in total. The first kappa shape index (κ1) is 29.3. The van der Waals surface area contributed by atoms with Gasteiger partial charge in [-0.15, -0.1) is 0 Å². The summed E-state index contributed by atoms with van der Waals surface area (Å²) in [4.78, 5) is 28.0. The number of phosphoric ester groups is 1. The molecule has 6 nitrogen and oxygen atoms in total. The molecule has 0 aliphatic carbocycles. The highest BCUT2D eigenvalue weighted by Gasteiger charge is 2.12. The lowest BCUT2D eigenvalue weighted by Crippen LogP contribution is -2.01. The molecule has 0 aromatic heterocycles. The minimum absolute atomic E-state index is 0.152. The van der Waals surface area contributed by atoms with Crippen LogP contribution in [0.1, 0.15) is 116 Å². The number of phosphoric acid groups is 1. The molecule has 0 aliphatic heterocycles. The van der Waals surface area contributed by atoms with E-state index in [2.05, 4.69) is 11.1 Å². The third-order valence-corrected chi connectivity index (χ3v) is 5.73. The molecule has 30 heavy (non-hydrogen) atoms. The number of hydrogen-bond donors (Lipinski definition) is 2. The number of hydrogen-bond acceptors (Lipinski definition) is 4. The van der Waals surface area contributed by atoms with Crippen LogP contribution in [0.15, 0.2) is 12.7 Å². The van der Waals surface area contributed by atoms with E-state index in [9.17, 15) is 9.36 Å². The molecular formula is C23H45O6P. The van der Waals surface area contributed by atoms with Gasteiger partial charge in [0.1, 0.15) is 0 Å². The van der Waals surface area contributed by atoms with Crippen molar-refractivity contribution in [2.45, 2.75) is 116 Å².